The van der Waals surface area contributed by atoms with Crippen LogP contribution in [0.5, 0.6) is 0 Å². The molecule has 0 saturated heterocycles. The van der Waals surface area contributed by atoms with Gasteiger partial charge in [-0.05, 0) is 57.9 Å². The van der Waals surface area contributed by atoms with E-state index in [9.17, 15) is 4.79 Å². The zero-order valence-electron chi connectivity index (χ0n) is 16.1. The maximum atomic E-state index is 12.7. The number of nitrogens with zero attached hydrogens (tertiary/aromatic N) is 1. The van der Waals surface area contributed by atoms with Crippen molar-refractivity contribution >= 4 is 45.7 Å². The first-order chi connectivity index (χ1) is 13.5. The number of carbonyl (C=O) groups is 1. The molecule has 0 heterocycles. The van der Waals surface area contributed by atoms with Crippen LogP contribution in [0.3, 0.4) is 0 Å². The highest BCUT2D eigenvalue weighted by Gasteiger charge is 2.13. The van der Waals surface area contributed by atoms with E-state index in [0.717, 1.165) is 24.2 Å². The number of carbonyl (C=O) groups excluding carboxylic acids is 1. The minimum Gasteiger partial charge on any atom is -0.298 e. The maximum Gasteiger partial charge on any atom is 0.194 e. The van der Waals surface area contributed by atoms with Crippen molar-refractivity contribution in [2.24, 2.45) is 0 Å². The Kier molecular flexibility index (Phi) is 8.66. The SMILES string of the molecule is C=CCN(C)Cc1ccc(-c2ccc(C(=O)c3ccc(Cl)cc3Br)cc2)cc1.Cl. The third-order valence-electron chi connectivity index (χ3n) is 4.50. The zero-order valence-corrected chi connectivity index (χ0v) is 19.2. The van der Waals surface area contributed by atoms with Crippen LogP contribution >= 0.6 is 39.9 Å². The second-order valence-corrected chi connectivity index (χ2v) is 8.00. The Morgan fingerprint density at radius 2 is 1.62 bits per heavy atom. The molecule has 0 radical (unpaired) electrons. The first kappa shape index (κ1) is 23.4. The molecular weight excluding hydrogens is 469 g/mol. The molecule has 0 spiro atoms. The van der Waals surface area contributed by atoms with Crippen LogP contribution in [0.15, 0.2) is 83.9 Å². The lowest BCUT2D eigenvalue weighted by atomic mass is 9.99. The quantitative estimate of drug-likeness (QED) is 0.261. The number of hydrogen-bond donors (Lipinski definition) is 0. The van der Waals surface area contributed by atoms with Gasteiger partial charge >= 0.3 is 0 Å². The second-order valence-electron chi connectivity index (χ2n) is 6.71. The molecule has 0 fully saturated rings. The Labute approximate surface area is 191 Å². The van der Waals surface area contributed by atoms with Crippen molar-refractivity contribution < 1.29 is 4.79 Å². The van der Waals surface area contributed by atoms with E-state index in [2.05, 4.69) is 58.7 Å². The third-order valence-corrected chi connectivity index (χ3v) is 5.39. The summed E-state index contributed by atoms with van der Waals surface area (Å²) < 4.78 is 0.700. The van der Waals surface area contributed by atoms with Crippen LogP contribution < -0.4 is 0 Å². The van der Waals surface area contributed by atoms with Gasteiger partial charge in [0, 0.05) is 33.7 Å². The lowest BCUT2D eigenvalue weighted by Crippen LogP contribution is -2.17. The predicted molar refractivity (Wildman–Crippen MR) is 128 cm³/mol. The van der Waals surface area contributed by atoms with Gasteiger partial charge in [0.15, 0.2) is 5.78 Å². The monoisotopic (exact) mass is 489 g/mol. The molecule has 3 aromatic carbocycles. The normalized spacial score (nSPS) is 10.5. The van der Waals surface area contributed by atoms with Crippen LogP contribution in [0.1, 0.15) is 21.5 Å². The number of benzene rings is 3. The average Bonchev–Trinajstić information content (AvgIpc) is 2.68. The van der Waals surface area contributed by atoms with E-state index in [-0.39, 0.29) is 18.2 Å². The van der Waals surface area contributed by atoms with Crippen molar-refractivity contribution in [3.05, 3.63) is 106 Å². The number of rotatable bonds is 7. The van der Waals surface area contributed by atoms with Gasteiger partial charge in [-0.1, -0.05) is 66.2 Å². The van der Waals surface area contributed by atoms with Gasteiger partial charge in [0.25, 0.3) is 0 Å². The number of ketones is 1. The lowest BCUT2D eigenvalue weighted by Gasteiger charge is -2.14. The first-order valence-corrected chi connectivity index (χ1v) is 10.1. The highest BCUT2D eigenvalue weighted by atomic mass is 79.9. The van der Waals surface area contributed by atoms with Crippen LogP contribution in [-0.4, -0.2) is 24.3 Å². The number of hydrogen-bond acceptors (Lipinski definition) is 2. The van der Waals surface area contributed by atoms with E-state index in [1.54, 1.807) is 18.2 Å². The second kappa shape index (κ2) is 10.7. The molecule has 0 bridgehead atoms. The van der Waals surface area contributed by atoms with Crippen molar-refractivity contribution in [3.8, 4) is 11.1 Å². The Bertz CT molecular complexity index is 985. The summed E-state index contributed by atoms with van der Waals surface area (Å²) >= 11 is 9.38. The topological polar surface area (TPSA) is 20.3 Å². The molecule has 0 aliphatic carbocycles. The summed E-state index contributed by atoms with van der Waals surface area (Å²) in [5, 5.41) is 0.595. The summed E-state index contributed by atoms with van der Waals surface area (Å²) in [6, 6.07) is 21.4. The molecule has 0 aliphatic heterocycles. The molecule has 29 heavy (non-hydrogen) atoms. The molecule has 150 valence electrons. The van der Waals surface area contributed by atoms with Gasteiger partial charge in [-0.25, -0.2) is 0 Å². The standard InChI is InChI=1S/C24H21BrClNO.ClH/c1-3-14-27(2)16-17-4-6-18(7-5-17)19-8-10-20(11-9-19)24(28)22-13-12-21(26)15-23(22)25;/h3-13,15H,1,14,16H2,2H3;1H. The Balaban J connectivity index is 0.00000300. The van der Waals surface area contributed by atoms with Gasteiger partial charge in [-0.2, -0.15) is 0 Å². The van der Waals surface area contributed by atoms with Crippen molar-refractivity contribution in [1.82, 2.24) is 4.90 Å². The maximum absolute atomic E-state index is 12.7. The van der Waals surface area contributed by atoms with Crippen LogP contribution in [0.4, 0.5) is 0 Å². The van der Waals surface area contributed by atoms with E-state index in [1.807, 2.05) is 30.3 Å². The molecule has 3 aromatic rings. The van der Waals surface area contributed by atoms with E-state index >= 15 is 0 Å². The summed E-state index contributed by atoms with van der Waals surface area (Å²) in [4.78, 5) is 14.9. The fraction of sp³-hybridized carbons (Fsp3) is 0.125. The predicted octanol–water partition coefficient (Wildman–Crippen LogP) is 7.04. The zero-order chi connectivity index (χ0) is 20.1. The third kappa shape index (κ3) is 6.03. The van der Waals surface area contributed by atoms with Gasteiger partial charge < -0.3 is 0 Å². The van der Waals surface area contributed by atoms with Crippen LogP contribution in [0.25, 0.3) is 11.1 Å². The highest BCUT2D eigenvalue weighted by molar-refractivity contribution is 9.10. The number of halogens is 3. The molecule has 3 rings (SSSR count). The molecule has 0 saturated carbocycles. The van der Waals surface area contributed by atoms with Gasteiger partial charge in [0.1, 0.15) is 0 Å². The molecule has 0 aromatic heterocycles. The van der Waals surface area contributed by atoms with Crippen LogP contribution in [0.2, 0.25) is 5.02 Å². The molecule has 0 aliphatic rings. The summed E-state index contributed by atoms with van der Waals surface area (Å²) in [5.41, 5.74) is 4.71. The van der Waals surface area contributed by atoms with E-state index in [0.29, 0.717) is 20.6 Å². The summed E-state index contributed by atoms with van der Waals surface area (Å²) in [5.74, 6) is -0.0318. The molecule has 0 amide bonds. The summed E-state index contributed by atoms with van der Waals surface area (Å²) in [6.07, 6.45) is 1.90. The van der Waals surface area contributed by atoms with E-state index in [4.69, 9.17) is 11.6 Å². The minimum absolute atomic E-state index is 0. The molecule has 0 unspecified atom stereocenters. The summed E-state index contributed by atoms with van der Waals surface area (Å²) in [6.45, 7) is 5.52. The Hall–Kier alpha value is -1.91. The van der Waals surface area contributed by atoms with Gasteiger partial charge in [0.05, 0.1) is 0 Å². The molecule has 2 nitrogen and oxygen atoms in total. The first-order valence-electron chi connectivity index (χ1n) is 8.96. The van der Waals surface area contributed by atoms with Crippen molar-refractivity contribution in [2.45, 2.75) is 6.54 Å². The summed E-state index contributed by atoms with van der Waals surface area (Å²) in [7, 11) is 2.07. The van der Waals surface area contributed by atoms with Gasteiger partial charge in [-0.3, -0.25) is 9.69 Å². The van der Waals surface area contributed by atoms with Gasteiger partial charge in [0.2, 0.25) is 0 Å². The smallest absolute Gasteiger partial charge is 0.194 e. The molecule has 0 N–H and O–H groups in total. The van der Waals surface area contributed by atoms with Crippen molar-refractivity contribution in [1.29, 1.82) is 0 Å². The number of likely N-dealkylation sites (N-methyl/N-ethyl adjacent to an activating group) is 1. The fourth-order valence-corrected chi connectivity index (χ4v) is 3.91. The van der Waals surface area contributed by atoms with Crippen molar-refractivity contribution in [2.75, 3.05) is 13.6 Å². The minimum atomic E-state index is -0.0318. The fourth-order valence-electron chi connectivity index (χ4n) is 3.04. The lowest BCUT2D eigenvalue weighted by molar-refractivity contribution is 0.103. The van der Waals surface area contributed by atoms with Crippen LogP contribution in [-0.2, 0) is 6.54 Å². The highest BCUT2D eigenvalue weighted by Crippen LogP contribution is 2.26. The largest absolute Gasteiger partial charge is 0.298 e. The molecular formula is C24H22BrCl2NO. The molecule has 0 atom stereocenters. The Morgan fingerprint density at radius 1 is 1.03 bits per heavy atom. The van der Waals surface area contributed by atoms with Gasteiger partial charge in [-0.15, -0.1) is 19.0 Å². The van der Waals surface area contributed by atoms with Crippen LogP contribution in [0, 0.1) is 0 Å². The molecule has 5 heteroatoms. The van der Waals surface area contributed by atoms with Crippen molar-refractivity contribution in [3.63, 3.8) is 0 Å². The van der Waals surface area contributed by atoms with E-state index < -0.39 is 0 Å². The average molecular weight is 491 g/mol. The van der Waals surface area contributed by atoms with E-state index in [1.165, 1.54) is 5.56 Å². The Morgan fingerprint density at radius 3 is 2.17 bits per heavy atom.